The second-order valence-corrected chi connectivity index (χ2v) is 11.0. The zero-order valence-electron chi connectivity index (χ0n) is 20.8. The Kier molecular flexibility index (Phi) is 5.67. The lowest BCUT2D eigenvalue weighted by molar-refractivity contribution is -0.286. The molecule has 0 saturated heterocycles. The van der Waals surface area contributed by atoms with Crippen LogP contribution >= 0.6 is 0 Å². The smallest absolute Gasteiger partial charge is 0.395 e. The van der Waals surface area contributed by atoms with Crippen molar-refractivity contribution in [2.45, 2.75) is 83.2 Å². The summed E-state index contributed by atoms with van der Waals surface area (Å²) in [7, 11) is 0. The van der Waals surface area contributed by atoms with Crippen LogP contribution in [0.2, 0.25) is 0 Å². The zero-order chi connectivity index (χ0) is 26.0. The second-order valence-electron chi connectivity index (χ2n) is 11.0. The molecule has 1 N–H and O–H groups in total. The Morgan fingerprint density at radius 2 is 1.81 bits per heavy atom. The number of carbonyl (C=O) groups is 1. The van der Waals surface area contributed by atoms with E-state index in [1.54, 1.807) is 12.1 Å². The number of carbonyl (C=O) groups excluding carboxylic acids is 1. The summed E-state index contributed by atoms with van der Waals surface area (Å²) in [5.41, 5.74) is 1.45. The van der Waals surface area contributed by atoms with Gasteiger partial charge in [0.05, 0.1) is 17.0 Å². The van der Waals surface area contributed by atoms with Gasteiger partial charge in [-0.25, -0.2) is 4.39 Å². The van der Waals surface area contributed by atoms with Crippen molar-refractivity contribution in [1.82, 2.24) is 4.57 Å². The van der Waals surface area contributed by atoms with Crippen molar-refractivity contribution in [3.05, 3.63) is 59.0 Å². The molecule has 2 aromatic carbocycles. The van der Waals surface area contributed by atoms with Gasteiger partial charge in [0.1, 0.15) is 11.6 Å². The number of Topliss-reactive ketones (excluding diaryl/α,β-unsaturated/α-hetero) is 1. The van der Waals surface area contributed by atoms with Crippen LogP contribution < -0.4 is 9.47 Å². The third-order valence-electron chi connectivity index (χ3n) is 7.29. The van der Waals surface area contributed by atoms with Gasteiger partial charge in [0.15, 0.2) is 11.5 Å². The largest absolute Gasteiger partial charge is 0.586 e. The minimum atomic E-state index is -3.73. The van der Waals surface area contributed by atoms with E-state index >= 15 is 4.39 Å². The highest BCUT2D eigenvalue weighted by Gasteiger charge is 2.52. The number of hydrogen-bond acceptors (Lipinski definition) is 4. The first kappa shape index (κ1) is 24.7. The molecule has 1 fully saturated rings. The van der Waals surface area contributed by atoms with Gasteiger partial charge in [-0.3, -0.25) is 4.79 Å². The van der Waals surface area contributed by atoms with E-state index in [9.17, 15) is 18.7 Å². The van der Waals surface area contributed by atoms with E-state index in [-0.39, 0.29) is 29.1 Å². The summed E-state index contributed by atoms with van der Waals surface area (Å²) in [5, 5.41) is 11.1. The molecule has 0 amide bonds. The molecule has 0 spiro atoms. The minimum absolute atomic E-state index is 0.0733. The maximum absolute atomic E-state index is 15.3. The molecule has 2 heterocycles. The number of aromatic nitrogens is 1. The van der Waals surface area contributed by atoms with E-state index < -0.39 is 23.6 Å². The van der Waals surface area contributed by atoms with Crippen LogP contribution in [0.5, 0.6) is 11.5 Å². The van der Waals surface area contributed by atoms with Gasteiger partial charge in [-0.2, -0.15) is 0 Å². The molecule has 1 saturated carbocycles. The van der Waals surface area contributed by atoms with E-state index in [1.807, 2.05) is 17.6 Å². The first-order valence-corrected chi connectivity index (χ1v) is 12.3. The van der Waals surface area contributed by atoms with Gasteiger partial charge >= 0.3 is 6.29 Å². The molecule has 2 aliphatic rings. The number of ketones is 1. The second kappa shape index (κ2) is 8.26. The number of rotatable bonds is 7. The van der Waals surface area contributed by atoms with Gasteiger partial charge in [-0.05, 0) is 60.7 Å². The Morgan fingerprint density at radius 1 is 1.11 bits per heavy atom. The number of alkyl halides is 2. The van der Waals surface area contributed by atoms with Crippen molar-refractivity contribution in [1.29, 1.82) is 0 Å². The van der Waals surface area contributed by atoms with Crippen LogP contribution in [0.3, 0.4) is 0 Å². The normalized spacial score (nSPS) is 18.4. The lowest BCUT2D eigenvalue weighted by atomic mass is 9.87. The fraction of sp³-hybridized carbons (Fsp3) is 0.464. The SMILES string of the molecule is CC[C@@H](O)Cn1c(C(C)(C)C)cc2cc(CC(=O)C3(c4ccc5c(c4)OC(F)(F)O5)CC3)c(F)cc21. The van der Waals surface area contributed by atoms with Gasteiger partial charge < -0.3 is 19.1 Å². The predicted octanol–water partition coefficient (Wildman–Crippen LogP) is 6.01. The van der Waals surface area contributed by atoms with E-state index in [0.717, 1.165) is 11.1 Å². The van der Waals surface area contributed by atoms with Crippen LogP contribution in [0, 0.1) is 5.82 Å². The maximum atomic E-state index is 15.3. The number of fused-ring (bicyclic) bond motifs is 2. The third-order valence-corrected chi connectivity index (χ3v) is 7.29. The molecule has 0 unspecified atom stereocenters. The first-order valence-electron chi connectivity index (χ1n) is 12.3. The number of aliphatic hydroxyl groups is 1. The average molecular weight is 502 g/mol. The first-order chi connectivity index (χ1) is 16.8. The average Bonchev–Trinajstić information content (AvgIpc) is 3.44. The number of aliphatic hydroxyl groups excluding tert-OH is 1. The highest BCUT2D eigenvalue weighted by Crippen LogP contribution is 2.52. The van der Waals surface area contributed by atoms with Gasteiger partial charge in [0.25, 0.3) is 0 Å². The summed E-state index contributed by atoms with van der Waals surface area (Å²) in [6, 6.07) is 9.56. The number of benzene rings is 2. The van der Waals surface area contributed by atoms with Gasteiger partial charge in [0, 0.05) is 29.5 Å². The molecule has 0 bridgehead atoms. The fourth-order valence-electron chi connectivity index (χ4n) is 5.07. The maximum Gasteiger partial charge on any atom is 0.586 e. The van der Waals surface area contributed by atoms with Gasteiger partial charge in [-0.1, -0.05) is 33.8 Å². The molecule has 1 atom stereocenters. The molecule has 1 aliphatic carbocycles. The topological polar surface area (TPSA) is 60.7 Å². The van der Waals surface area contributed by atoms with E-state index in [2.05, 4.69) is 30.2 Å². The van der Waals surface area contributed by atoms with E-state index in [0.29, 0.717) is 42.5 Å². The van der Waals surface area contributed by atoms with Crippen molar-refractivity contribution in [3.63, 3.8) is 0 Å². The predicted molar refractivity (Wildman–Crippen MR) is 129 cm³/mol. The van der Waals surface area contributed by atoms with Crippen LogP contribution in [-0.2, 0) is 28.6 Å². The molecular weight excluding hydrogens is 471 g/mol. The Labute approximate surface area is 207 Å². The monoisotopic (exact) mass is 501 g/mol. The number of halogens is 3. The van der Waals surface area contributed by atoms with Gasteiger partial charge in [0.2, 0.25) is 0 Å². The molecule has 3 aromatic rings. The van der Waals surface area contributed by atoms with Crippen LogP contribution in [0.4, 0.5) is 13.2 Å². The van der Waals surface area contributed by atoms with Crippen LogP contribution in [0.25, 0.3) is 10.9 Å². The molecule has 8 heteroatoms. The standard InChI is InChI=1S/C28H30F3NO4/c1-5-19(33)15-32-21-14-20(29)16(10-17(21)11-24(32)26(2,3)4)12-25(34)27(8-9-27)18-6-7-22-23(13-18)36-28(30,31)35-22/h6-7,10-11,13-14,19,33H,5,8-9,12,15H2,1-4H3/t19-/m1/s1. The highest BCUT2D eigenvalue weighted by molar-refractivity contribution is 5.95. The fourth-order valence-corrected chi connectivity index (χ4v) is 5.07. The van der Waals surface area contributed by atoms with Gasteiger partial charge in [-0.15, -0.1) is 8.78 Å². The summed E-state index contributed by atoms with van der Waals surface area (Å²) in [6.45, 7) is 8.45. The van der Waals surface area contributed by atoms with Crippen LogP contribution in [0.15, 0.2) is 36.4 Å². The molecule has 192 valence electrons. The van der Waals surface area contributed by atoms with Crippen LogP contribution in [0.1, 0.15) is 63.8 Å². The van der Waals surface area contributed by atoms with Crippen molar-refractivity contribution >= 4 is 16.7 Å². The molecular formula is C28H30F3NO4. The molecule has 1 aromatic heterocycles. The zero-order valence-corrected chi connectivity index (χ0v) is 20.8. The summed E-state index contributed by atoms with van der Waals surface area (Å²) in [6.07, 6.45) is -2.69. The summed E-state index contributed by atoms with van der Waals surface area (Å²) < 4.78 is 53.1. The Hall–Kier alpha value is -3.00. The lowest BCUT2D eigenvalue weighted by Crippen LogP contribution is -2.26. The summed E-state index contributed by atoms with van der Waals surface area (Å²) >= 11 is 0. The van der Waals surface area contributed by atoms with Crippen molar-refractivity contribution in [2.24, 2.45) is 0 Å². The van der Waals surface area contributed by atoms with E-state index in [4.69, 9.17) is 0 Å². The highest BCUT2D eigenvalue weighted by atomic mass is 19.3. The van der Waals surface area contributed by atoms with Crippen molar-refractivity contribution in [2.75, 3.05) is 0 Å². The Bertz CT molecular complexity index is 1350. The Morgan fingerprint density at radius 3 is 2.44 bits per heavy atom. The third kappa shape index (κ3) is 4.25. The molecule has 0 radical (unpaired) electrons. The summed E-state index contributed by atoms with van der Waals surface area (Å²) in [4.78, 5) is 13.4. The summed E-state index contributed by atoms with van der Waals surface area (Å²) in [5.74, 6) is -0.823. The minimum Gasteiger partial charge on any atom is -0.395 e. The quantitative estimate of drug-likeness (QED) is 0.431. The lowest BCUT2D eigenvalue weighted by Gasteiger charge is -2.23. The van der Waals surface area contributed by atoms with Crippen LogP contribution in [-0.4, -0.2) is 27.9 Å². The molecule has 5 nitrogen and oxygen atoms in total. The van der Waals surface area contributed by atoms with Crippen molar-refractivity contribution < 1.29 is 32.5 Å². The number of hydrogen-bond donors (Lipinski definition) is 1. The molecule has 36 heavy (non-hydrogen) atoms. The molecule has 1 aliphatic heterocycles. The molecule has 5 rings (SSSR count). The Balaban J connectivity index is 1.46. The number of ether oxygens (including phenoxy) is 2. The van der Waals surface area contributed by atoms with E-state index in [1.165, 1.54) is 18.2 Å². The number of nitrogens with zero attached hydrogens (tertiary/aromatic N) is 1. The van der Waals surface area contributed by atoms with Crippen molar-refractivity contribution in [3.8, 4) is 11.5 Å².